The van der Waals surface area contributed by atoms with Gasteiger partial charge in [-0.25, -0.2) is 9.78 Å². The Morgan fingerprint density at radius 3 is 2.93 bits per heavy atom. The first-order valence-corrected chi connectivity index (χ1v) is 9.90. The van der Waals surface area contributed by atoms with Crippen molar-refractivity contribution in [3.05, 3.63) is 68.6 Å². The molecule has 0 unspecified atom stereocenters. The van der Waals surface area contributed by atoms with E-state index in [1.54, 1.807) is 23.1 Å². The number of carbonyl (C=O) groups is 2. The predicted octanol–water partition coefficient (Wildman–Crippen LogP) is 2.54. The number of thiazole rings is 1. The largest absolute Gasteiger partial charge is 0.456 e. The number of aromatic nitrogens is 2. The molecule has 0 atom stereocenters. The Kier molecular flexibility index (Phi) is 4.95. The van der Waals surface area contributed by atoms with Crippen molar-refractivity contribution >= 4 is 28.2 Å². The molecule has 2 aromatic heterocycles. The number of ether oxygens (including phenoxy) is 1. The van der Waals surface area contributed by atoms with Crippen molar-refractivity contribution in [2.75, 3.05) is 6.54 Å². The molecule has 1 saturated heterocycles. The van der Waals surface area contributed by atoms with Crippen LogP contribution in [0.25, 0.3) is 4.96 Å². The molecule has 4 rings (SSSR count). The van der Waals surface area contributed by atoms with Crippen LogP contribution >= 0.6 is 11.3 Å². The molecule has 28 heavy (non-hydrogen) atoms. The molecular weight excluding hydrogens is 378 g/mol. The summed E-state index contributed by atoms with van der Waals surface area (Å²) in [6.07, 6.45) is 1.46. The highest BCUT2D eigenvalue weighted by Gasteiger charge is 2.20. The molecule has 1 aliphatic rings. The van der Waals surface area contributed by atoms with Crippen molar-refractivity contribution in [1.29, 1.82) is 0 Å². The molecule has 1 fully saturated rings. The summed E-state index contributed by atoms with van der Waals surface area (Å²) in [5.41, 5.74) is 2.35. The number of amides is 1. The summed E-state index contributed by atoms with van der Waals surface area (Å²) in [7, 11) is 0. The molecular formula is C20H19N3O4S. The molecule has 1 amide bonds. The number of aryl methyl sites for hydroxylation is 1. The standard InChI is InChI=1S/C20H19N3O4S/c1-13-12-28-20-21-16(9-18(25)23(13)20)11-27-19(26)15-5-2-4-14(8-15)10-22-7-3-6-17(22)24/h2,4-5,8-9,12H,3,6-7,10-11H2,1H3. The lowest BCUT2D eigenvalue weighted by atomic mass is 10.1. The molecule has 0 spiro atoms. The zero-order chi connectivity index (χ0) is 19.7. The summed E-state index contributed by atoms with van der Waals surface area (Å²) in [6, 6.07) is 8.46. The zero-order valence-electron chi connectivity index (χ0n) is 15.4. The summed E-state index contributed by atoms with van der Waals surface area (Å²) in [6.45, 7) is 3.01. The zero-order valence-corrected chi connectivity index (χ0v) is 16.2. The second-order valence-corrected chi connectivity index (χ2v) is 7.61. The summed E-state index contributed by atoms with van der Waals surface area (Å²) in [5, 5.41) is 1.86. The Morgan fingerprint density at radius 2 is 2.14 bits per heavy atom. The van der Waals surface area contributed by atoms with Gasteiger partial charge in [0.05, 0.1) is 11.3 Å². The van der Waals surface area contributed by atoms with E-state index in [-0.39, 0.29) is 18.1 Å². The summed E-state index contributed by atoms with van der Waals surface area (Å²) in [5.74, 6) is -0.344. The van der Waals surface area contributed by atoms with E-state index in [4.69, 9.17) is 4.74 Å². The number of esters is 1. The van der Waals surface area contributed by atoms with Crippen molar-refractivity contribution < 1.29 is 14.3 Å². The Bertz CT molecular complexity index is 1120. The molecule has 0 saturated carbocycles. The van der Waals surface area contributed by atoms with E-state index in [0.29, 0.717) is 29.2 Å². The van der Waals surface area contributed by atoms with Gasteiger partial charge in [0.1, 0.15) is 6.61 Å². The van der Waals surface area contributed by atoms with Gasteiger partial charge < -0.3 is 9.64 Å². The van der Waals surface area contributed by atoms with Crippen molar-refractivity contribution in [2.24, 2.45) is 0 Å². The number of hydrogen-bond donors (Lipinski definition) is 0. The average molecular weight is 397 g/mol. The quantitative estimate of drug-likeness (QED) is 0.618. The second kappa shape index (κ2) is 7.55. The molecule has 8 heteroatoms. The third-order valence-corrected chi connectivity index (χ3v) is 5.63. The van der Waals surface area contributed by atoms with Gasteiger partial charge in [-0.1, -0.05) is 12.1 Å². The molecule has 1 aromatic carbocycles. The maximum absolute atomic E-state index is 12.4. The molecule has 0 aliphatic carbocycles. The number of rotatable bonds is 5. The van der Waals surface area contributed by atoms with Crippen molar-refractivity contribution in [2.45, 2.75) is 32.9 Å². The van der Waals surface area contributed by atoms with Crippen LogP contribution in [0.15, 0.2) is 40.5 Å². The fourth-order valence-corrected chi connectivity index (χ4v) is 4.18. The highest BCUT2D eigenvalue weighted by atomic mass is 32.1. The van der Waals surface area contributed by atoms with Crippen molar-refractivity contribution in [3.8, 4) is 0 Å². The summed E-state index contributed by atoms with van der Waals surface area (Å²) >= 11 is 1.37. The summed E-state index contributed by atoms with van der Waals surface area (Å²) in [4.78, 5) is 43.1. The third kappa shape index (κ3) is 3.68. The molecule has 3 aromatic rings. The first-order chi connectivity index (χ1) is 13.5. The summed E-state index contributed by atoms with van der Waals surface area (Å²) < 4.78 is 6.87. The second-order valence-electron chi connectivity index (χ2n) is 6.78. The van der Waals surface area contributed by atoms with E-state index >= 15 is 0 Å². The topological polar surface area (TPSA) is 81.0 Å². The van der Waals surface area contributed by atoms with Gasteiger partial charge in [0.25, 0.3) is 5.56 Å². The number of likely N-dealkylation sites (tertiary alicyclic amines) is 1. The number of carbonyl (C=O) groups excluding carboxylic acids is 2. The predicted molar refractivity (Wildman–Crippen MR) is 104 cm³/mol. The van der Waals surface area contributed by atoms with Crippen LogP contribution in [0.3, 0.4) is 0 Å². The average Bonchev–Trinajstić information content (AvgIpc) is 3.26. The van der Waals surface area contributed by atoms with Gasteiger partial charge >= 0.3 is 5.97 Å². The van der Waals surface area contributed by atoms with E-state index in [2.05, 4.69) is 4.98 Å². The minimum absolute atomic E-state index is 0.0731. The Balaban J connectivity index is 1.44. The molecule has 0 radical (unpaired) electrons. The number of nitrogens with zero attached hydrogens (tertiary/aromatic N) is 3. The van der Waals surface area contributed by atoms with Gasteiger partial charge in [0.15, 0.2) is 4.96 Å². The Labute approximate surface area is 165 Å². The van der Waals surface area contributed by atoms with Crippen LogP contribution in [-0.2, 0) is 22.7 Å². The van der Waals surface area contributed by atoms with Crippen molar-refractivity contribution in [3.63, 3.8) is 0 Å². The van der Waals surface area contributed by atoms with E-state index in [1.807, 2.05) is 18.4 Å². The van der Waals surface area contributed by atoms with E-state index in [0.717, 1.165) is 24.2 Å². The third-order valence-electron chi connectivity index (χ3n) is 4.69. The molecule has 3 heterocycles. The monoisotopic (exact) mass is 397 g/mol. The minimum atomic E-state index is -0.487. The van der Waals surface area contributed by atoms with Crippen LogP contribution in [0.4, 0.5) is 0 Å². The normalized spacial score (nSPS) is 14.0. The highest BCUT2D eigenvalue weighted by Crippen LogP contribution is 2.16. The van der Waals surface area contributed by atoms with Gasteiger partial charge in [-0.05, 0) is 31.0 Å². The molecule has 1 aliphatic heterocycles. The van der Waals surface area contributed by atoms with Gasteiger partial charge in [-0.15, -0.1) is 11.3 Å². The molecule has 0 bridgehead atoms. The van der Waals surface area contributed by atoms with Gasteiger partial charge in [-0.2, -0.15) is 0 Å². The maximum Gasteiger partial charge on any atom is 0.338 e. The maximum atomic E-state index is 12.4. The number of fused-ring (bicyclic) bond motifs is 1. The SMILES string of the molecule is Cc1csc2nc(COC(=O)c3cccc(CN4CCCC4=O)c3)cc(=O)n12. The van der Waals surface area contributed by atoms with Gasteiger partial charge in [0.2, 0.25) is 5.91 Å². The van der Waals surface area contributed by atoms with Crippen LogP contribution in [-0.4, -0.2) is 32.7 Å². The van der Waals surface area contributed by atoms with E-state index in [9.17, 15) is 14.4 Å². The Morgan fingerprint density at radius 1 is 1.29 bits per heavy atom. The fraction of sp³-hybridized carbons (Fsp3) is 0.300. The number of benzene rings is 1. The minimum Gasteiger partial charge on any atom is -0.456 e. The smallest absolute Gasteiger partial charge is 0.338 e. The van der Waals surface area contributed by atoms with Crippen molar-refractivity contribution in [1.82, 2.24) is 14.3 Å². The first-order valence-electron chi connectivity index (χ1n) is 9.02. The van der Waals surface area contributed by atoms with Crippen LogP contribution in [0.2, 0.25) is 0 Å². The van der Waals surface area contributed by atoms with E-state index < -0.39 is 5.97 Å². The molecule has 7 nitrogen and oxygen atoms in total. The fourth-order valence-electron chi connectivity index (χ4n) is 3.29. The van der Waals surface area contributed by atoms with Gasteiger partial charge in [-0.3, -0.25) is 14.0 Å². The molecule has 0 N–H and O–H groups in total. The van der Waals surface area contributed by atoms with E-state index in [1.165, 1.54) is 21.8 Å². The lowest BCUT2D eigenvalue weighted by Crippen LogP contribution is -2.24. The first kappa shape index (κ1) is 18.4. The number of hydrogen-bond acceptors (Lipinski definition) is 6. The lowest BCUT2D eigenvalue weighted by Gasteiger charge is -2.15. The van der Waals surface area contributed by atoms with Crippen LogP contribution in [0.5, 0.6) is 0 Å². The lowest BCUT2D eigenvalue weighted by molar-refractivity contribution is -0.128. The molecule has 144 valence electrons. The van der Waals surface area contributed by atoms with Crippen LogP contribution in [0, 0.1) is 6.92 Å². The van der Waals surface area contributed by atoms with Crippen LogP contribution in [0.1, 0.15) is 40.2 Å². The van der Waals surface area contributed by atoms with Gasteiger partial charge in [0, 0.05) is 36.7 Å². The Hall–Kier alpha value is -3.00. The van der Waals surface area contributed by atoms with Crippen LogP contribution < -0.4 is 5.56 Å². The highest BCUT2D eigenvalue weighted by molar-refractivity contribution is 7.15.